The van der Waals surface area contributed by atoms with E-state index >= 15 is 0 Å². The highest BCUT2D eigenvalue weighted by atomic mass is 16.5. The average molecular weight is 408 g/mol. The van der Waals surface area contributed by atoms with E-state index in [1.807, 2.05) is 61.2 Å². The van der Waals surface area contributed by atoms with Crippen molar-refractivity contribution < 1.29 is 18.7 Å². The number of nitrogens with zero attached hydrogens (tertiary/aromatic N) is 2. The first-order chi connectivity index (χ1) is 14.5. The summed E-state index contributed by atoms with van der Waals surface area (Å²) in [6.07, 6.45) is 2.52. The number of amides is 1. The highest BCUT2D eigenvalue weighted by Crippen LogP contribution is 2.28. The largest absolute Gasteiger partial charge is 0.493 e. The Morgan fingerprint density at radius 3 is 2.47 bits per heavy atom. The molecule has 1 heterocycles. The summed E-state index contributed by atoms with van der Waals surface area (Å²) < 4.78 is 16.5. The summed E-state index contributed by atoms with van der Waals surface area (Å²) in [7, 11) is 3.21. The first-order valence-electron chi connectivity index (χ1n) is 10.0. The number of carbonyl (C=O) groups is 1. The molecule has 6 nitrogen and oxygen atoms in total. The summed E-state index contributed by atoms with van der Waals surface area (Å²) in [4.78, 5) is 18.9. The number of rotatable bonds is 9. The molecule has 158 valence electrons. The van der Waals surface area contributed by atoms with Gasteiger partial charge in [-0.3, -0.25) is 4.79 Å². The zero-order chi connectivity index (χ0) is 21.5. The standard InChI is InChI=1S/C24H28N2O4/c1-5-26(16-18-8-11-20(28-3)21(14-18)29-4)24(27)13-12-23-25-15-22(30-23)19-9-6-17(2)7-10-19/h6-11,14-15H,5,12-13,16H2,1-4H3. The highest BCUT2D eigenvalue weighted by Gasteiger charge is 2.15. The van der Waals surface area contributed by atoms with E-state index in [-0.39, 0.29) is 5.91 Å². The lowest BCUT2D eigenvalue weighted by Crippen LogP contribution is -2.30. The van der Waals surface area contributed by atoms with Gasteiger partial charge in [0.2, 0.25) is 5.91 Å². The van der Waals surface area contributed by atoms with Crippen LogP contribution in [0.5, 0.6) is 11.5 Å². The van der Waals surface area contributed by atoms with Gasteiger partial charge in [-0.25, -0.2) is 4.98 Å². The number of ether oxygens (including phenoxy) is 2. The third-order valence-corrected chi connectivity index (χ3v) is 5.00. The molecule has 0 unspecified atom stereocenters. The number of benzene rings is 2. The number of hydrogen-bond donors (Lipinski definition) is 0. The number of oxazole rings is 1. The molecule has 0 bridgehead atoms. The van der Waals surface area contributed by atoms with Gasteiger partial charge in [0.05, 0.1) is 20.4 Å². The molecule has 0 N–H and O–H groups in total. The Morgan fingerprint density at radius 1 is 1.07 bits per heavy atom. The molecule has 0 saturated heterocycles. The van der Waals surface area contributed by atoms with Gasteiger partial charge < -0.3 is 18.8 Å². The van der Waals surface area contributed by atoms with Crippen LogP contribution in [0.25, 0.3) is 11.3 Å². The van der Waals surface area contributed by atoms with Gasteiger partial charge in [-0.15, -0.1) is 0 Å². The van der Waals surface area contributed by atoms with Crippen LogP contribution in [0.15, 0.2) is 53.1 Å². The Labute approximate surface area is 177 Å². The van der Waals surface area contributed by atoms with Crippen molar-refractivity contribution in [3.63, 3.8) is 0 Å². The first kappa shape index (κ1) is 21.4. The molecule has 0 aliphatic carbocycles. The first-order valence-corrected chi connectivity index (χ1v) is 10.0. The SMILES string of the molecule is CCN(Cc1ccc(OC)c(OC)c1)C(=O)CCc1ncc(-c2ccc(C)cc2)o1. The average Bonchev–Trinajstić information content (AvgIpc) is 3.25. The monoisotopic (exact) mass is 408 g/mol. The van der Waals surface area contributed by atoms with Crippen molar-refractivity contribution >= 4 is 5.91 Å². The fourth-order valence-corrected chi connectivity index (χ4v) is 3.22. The number of aromatic nitrogens is 1. The summed E-state index contributed by atoms with van der Waals surface area (Å²) in [5, 5.41) is 0. The van der Waals surface area contributed by atoms with Crippen LogP contribution >= 0.6 is 0 Å². The van der Waals surface area contributed by atoms with Crippen molar-refractivity contribution in [3.05, 3.63) is 65.7 Å². The minimum absolute atomic E-state index is 0.0578. The van der Waals surface area contributed by atoms with E-state index in [9.17, 15) is 4.79 Å². The molecule has 0 atom stereocenters. The van der Waals surface area contributed by atoms with E-state index in [0.29, 0.717) is 43.3 Å². The molecule has 0 fully saturated rings. The minimum Gasteiger partial charge on any atom is -0.493 e. The van der Waals surface area contributed by atoms with Gasteiger partial charge in [0.15, 0.2) is 23.1 Å². The van der Waals surface area contributed by atoms with Gasteiger partial charge in [0, 0.05) is 31.5 Å². The second-order valence-electron chi connectivity index (χ2n) is 7.08. The van der Waals surface area contributed by atoms with E-state index in [0.717, 1.165) is 16.9 Å². The minimum atomic E-state index is 0.0578. The summed E-state index contributed by atoms with van der Waals surface area (Å²) >= 11 is 0. The van der Waals surface area contributed by atoms with E-state index in [1.54, 1.807) is 20.4 Å². The van der Waals surface area contributed by atoms with Gasteiger partial charge in [0.1, 0.15) is 0 Å². The van der Waals surface area contributed by atoms with Crippen LogP contribution in [0.1, 0.15) is 30.4 Å². The molecule has 6 heteroatoms. The third-order valence-electron chi connectivity index (χ3n) is 5.00. The Balaban J connectivity index is 1.60. The maximum Gasteiger partial charge on any atom is 0.223 e. The van der Waals surface area contributed by atoms with Crippen molar-refractivity contribution in [2.75, 3.05) is 20.8 Å². The maximum atomic E-state index is 12.7. The number of carbonyl (C=O) groups excluding carboxylic acids is 1. The molecule has 3 rings (SSSR count). The summed E-state index contributed by atoms with van der Waals surface area (Å²) in [5.41, 5.74) is 3.16. The molecular weight excluding hydrogens is 380 g/mol. The zero-order valence-electron chi connectivity index (χ0n) is 18.0. The van der Waals surface area contributed by atoms with Crippen LogP contribution in [-0.2, 0) is 17.8 Å². The molecule has 3 aromatic rings. The molecule has 1 amide bonds. The van der Waals surface area contributed by atoms with Gasteiger partial charge >= 0.3 is 0 Å². The molecule has 0 aliphatic rings. The van der Waals surface area contributed by atoms with Crippen LogP contribution in [0.2, 0.25) is 0 Å². The zero-order valence-corrected chi connectivity index (χ0v) is 18.0. The fourth-order valence-electron chi connectivity index (χ4n) is 3.22. The second-order valence-corrected chi connectivity index (χ2v) is 7.08. The van der Waals surface area contributed by atoms with Gasteiger partial charge in [-0.2, -0.15) is 0 Å². The van der Waals surface area contributed by atoms with Crippen LogP contribution in [-0.4, -0.2) is 36.6 Å². The molecule has 0 radical (unpaired) electrons. The van der Waals surface area contributed by atoms with Crippen LogP contribution in [0.3, 0.4) is 0 Å². The Morgan fingerprint density at radius 2 is 1.80 bits per heavy atom. The van der Waals surface area contributed by atoms with Crippen LogP contribution < -0.4 is 9.47 Å². The number of methoxy groups -OCH3 is 2. The predicted octanol–water partition coefficient (Wildman–Crippen LogP) is 4.65. The molecule has 0 spiro atoms. The molecule has 2 aromatic carbocycles. The highest BCUT2D eigenvalue weighted by molar-refractivity contribution is 5.76. The number of aryl methyl sites for hydroxylation is 2. The lowest BCUT2D eigenvalue weighted by atomic mass is 10.1. The Bertz CT molecular complexity index is 979. The van der Waals surface area contributed by atoms with Crippen LogP contribution in [0.4, 0.5) is 0 Å². The molecule has 0 aliphatic heterocycles. The van der Waals surface area contributed by atoms with Gasteiger partial charge in [-0.1, -0.05) is 35.9 Å². The van der Waals surface area contributed by atoms with E-state index in [2.05, 4.69) is 4.98 Å². The third kappa shape index (κ3) is 5.20. The summed E-state index contributed by atoms with van der Waals surface area (Å²) in [5.74, 6) is 2.67. The quantitative estimate of drug-likeness (QED) is 0.516. The lowest BCUT2D eigenvalue weighted by Gasteiger charge is -2.21. The normalized spacial score (nSPS) is 10.7. The topological polar surface area (TPSA) is 64.8 Å². The molecule has 0 saturated carbocycles. The Kier molecular flexibility index (Phi) is 7.12. The van der Waals surface area contributed by atoms with E-state index in [1.165, 1.54) is 5.56 Å². The summed E-state index contributed by atoms with van der Waals surface area (Å²) in [6.45, 7) is 5.14. The molecule has 1 aromatic heterocycles. The number of hydrogen-bond acceptors (Lipinski definition) is 5. The maximum absolute atomic E-state index is 12.7. The predicted molar refractivity (Wildman–Crippen MR) is 116 cm³/mol. The Hall–Kier alpha value is -3.28. The van der Waals surface area contributed by atoms with Crippen LogP contribution in [0, 0.1) is 6.92 Å². The van der Waals surface area contributed by atoms with Crippen molar-refractivity contribution in [3.8, 4) is 22.8 Å². The molecule has 30 heavy (non-hydrogen) atoms. The van der Waals surface area contributed by atoms with Gasteiger partial charge in [0.25, 0.3) is 0 Å². The van der Waals surface area contributed by atoms with Crippen molar-refractivity contribution in [1.29, 1.82) is 0 Å². The molecular formula is C24H28N2O4. The second kappa shape index (κ2) is 9.96. The summed E-state index contributed by atoms with van der Waals surface area (Å²) in [6, 6.07) is 13.8. The van der Waals surface area contributed by atoms with Gasteiger partial charge in [-0.05, 0) is 31.5 Å². The fraction of sp³-hybridized carbons (Fsp3) is 0.333. The lowest BCUT2D eigenvalue weighted by molar-refractivity contribution is -0.131. The van der Waals surface area contributed by atoms with Crippen molar-refractivity contribution in [2.24, 2.45) is 0 Å². The van der Waals surface area contributed by atoms with E-state index in [4.69, 9.17) is 13.9 Å². The smallest absolute Gasteiger partial charge is 0.223 e. The van der Waals surface area contributed by atoms with E-state index < -0.39 is 0 Å². The van der Waals surface area contributed by atoms with Crippen molar-refractivity contribution in [2.45, 2.75) is 33.2 Å². The van der Waals surface area contributed by atoms with Crippen molar-refractivity contribution in [1.82, 2.24) is 9.88 Å².